The molecule has 36 heavy (non-hydrogen) atoms. The van der Waals surface area contributed by atoms with Crippen molar-refractivity contribution in [3.63, 3.8) is 0 Å². The summed E-state index contributed by atoms with van der Waals surface area (Å²) in [6.45, 7) is 1.82. The minimum Gasteiger partial charge on any atom is -0.435 e. The number of carbonyl (C=O) groups is 1. The SMILES string of the molecule is CC(=O)N1CCC2(CC1)CN(c1cc(Nc3cc(OC(F)F)ccn3)nc(-c3cnn(C)c3N)n1)C2. The molecule has 2 aliphatic rings. The summed E-state index contributed by atoms with van der Waals surface area (Å²) < 4.78 is 31.3. The highest BCUT2D eigenvalue weighted by atomic mass is 19.3. The van der Waals surface area contributed by atoms with Gasteiger partial charge in [-0.1, -0.05) is 0 Å². The summed E-state index contributed by atoms with van der Waals surface area (Å²) in [5.41, 5.74) is 6.91. The Hall–Kier alpha value is -4.03. The maximum absolute atomic E-state index is 12.6. The highest BCUT2D eigenvalue weighted by molar-refractivity contribution is 5.73. The van der Waals surface area contributed by atoms with Gasteiger partial charge in [-0.05, 0) is 18.9 Å². The van der Waals surface area contributed by atoms with E-state index >= 15 is 0 Å². The second kappa shape index (κ2) is 9.21. The fraction of sp³-hybridized carbons (Fsp3) is 0.435. The Morgan fingerprint density at radius 2 is 1.94 bits per heavy atom. The van der Waals surface area contributed by atoms with E-state index in [0.717, 1.165) is 39.0 Å². The number of rotatable bonds is 6. The van der Waals surface area contributed by atoms with Gasteiger partial charge in [-0.25, -0.2) is 15.0 Å². The lowest BCUT2D eigenvalue weighted by atomic mass is 9.72. The van der Waals surface area contributed by atoms with Gasteiger partial charge < -0.3 is 25.6 Å². The maximum Gasteiger partial charge on any atom is 0.387 e. The number of nitrogens with zero attached hydrogens (tertiary/aromatic N) is 7. The van der Waals surface area contributed by atoms with E-state index in [4.69, 9.17) is 10.7 Å². The van der Waals surface area contributed by atoms with Crippen molar-refractivity contribution in [2.24, 2.45) is 12.5 Å². The first kappa shape index (κ1) is 23.7. The van der Waals surface area contributed by atoms with E-state index in [9.17, 15) is 13.6 Å². The van der Waals surface area contributed by atoms with E-state index in [2.05, 4.69) is 30.0 Å². The zero-order chi connectivity index (χ0) is 25.4. The number of halogens is 2. The standard InChI is InChI=1S/C23H27F2N9O2/c1-14(35)33-7-4-23(5-8-33)12-34(13-23)19-10-18(29-17-9-15(3-6-27-17)36-22(24)25)30-21(31-19)16-11-28-32(2)20(16)26/h3,6,9-11,22H,4-5,7-8,12-13,26H2,1-2H3,(H,27,29,30,31). The first-order valence-corrected chi connectivity index (χ1v) is 11.6. The van der Waals surface area contributed by atoms with Crippen molar-refractivity contribution in [2.45, 2.75) is 26.4 Å². The number of likely N-dealkylation sites (tertiary alicyclic amines) is 1. The Labute approximate surface area is 206 Å². The Morgan fingerprint density at radius 1 is 1.19 bits per heavy atom. The van der Waals surface area contributed by atoms with Gasteiger partial charge in [0.15, 0.2) is 5.82 Å². The number of hydrogen-bond donors (Lipinski definition) is 2. The van der Waals surface area contributed by atoms with E-state index in [-0.39, 0.29) is 17.1 Å². The molecule has 0 atom stereocenters. The number of piperidine rings is 1. The predicted molar refractivity (Wildman–Crippen MR) is 129 cm³/mol. The number of aromatic nitrogens is 5. The first-order chi connectivity index (χ1) is 17.2. The largest absolute Gasteiger partial charge is 0.435 e. The van der Waals surface area contributed by atoms with Crippen molar-refractivity contribution >= 4 is 29.2 Å². The second-order valence-electron chi connectivity index (χ2n) is 9.24. The number of amides is 1. The lowest BCUT2D eigenvalue weighted by molar-refractivity contribution is -0.131. The molecule has 0 unspecified atom stereocenters. The van der Waals surface area contributed by atoms with Crippen LogP contribution in [0.3, 0.4) is 0 Å². The number of anilines is 4. The zero-order valence-electron chi connectivity index (χ0n) is 20.0. The Balaban J connectivity index is 1.40. The number of pyridine rings is 1. The monoisotopic (exact) mass is 499 g/mol. The van der Waals surface area contributed by atoms with Crippen LogP contribution in [0.2, 0.25) is 0 Å². The van der Waals surface area contributed by atoms with Crippen LogP contribution in [-0.2, 0) is 11.8 Å². The van der Waals surface area contributed by atoms with Crippen LogP contribution in [-0.4, -0.2) is 68.3 Å². The Morgan fingerprint density at radius 3 is 2.58 bits per heavy atom. The lowest BCUT2D eigenvalue weighted by Gasteiger charge is -2.54. The summed E-state index contributed by atoms with van der Waals surface area (Å²) in [6.07, 6.45) is 4.86. The maximum atomic E-state index is 12.6. The van der Waals surface area contributed by atoms with Crippen molar-refractivity contribution < 1.29 is 18.3 Å². The molecule has 0 saturated carbocycles. The van der Waals surface area contributed by atoms with E-state index in [1.54, 1.807) is 26.2 Å². The zero-order valence-corrected chi connectivity index (χ0v) is 20.0. The number of nitrogen functional groups attached to an aromatic ring is 1. The van der Waals surface area contributed by atoms with Crippen LogP contribution in [0.15, 0.2) is 30.6 Å². The molecule has 0 radical (unpaired) electrons. The lowest BCUT2D eigenvalue weighted by Crippen LogP contribution is -2.61. The van der Waals surface area contributed by atoms with Crippen LogP contribution in [0.4, 0.5) is 32.1 Å². The molecule has 0 bridgehead atoms. The van der Waals surface area contributed by atoms with Crippen molar-refractivity contribution in [1.29, 1.82) is 0 Å². The van der Waals surface area contributed by atoms with Crippen LogP contribution >= 0.6 is 0 Å². The van der Waals surface area contributed by atoms with Gasteiger partial charge in [-0.3, -0.25) is 9.48 Å². The Bertz CT molecular complexity index is 1270. The topological polar surface area (TPSA) is 127 Å². The van der Waals surface area contributed by atoms with Crippen molar-refractivity contribution in [2.75, 3.05) is 42.1 Å². The molecule has 11 nitrogen and oxygen atoms in total. The molecular weight excluding hydrogens is 472 g/mol. The summed E-state index contributed by atoms with van der Waals surface area (Å²) >= 11 is 0. The number of carbonyl (C=O) groups excluding carboxylic acids is 1. The van der Waals surface area contributed by atoms with E-state index in [1.165, 1.54) is 23.0 Å². The normalized spacial score (nSPS) is 16.8. The number of nitrogens with two attached hydrogens (primary N) is 1. The van der Waals surface area contributed by atoms with Crippen molar-refractivity contribution in [1.82, 2.24) is 29.6 Å². The fourth-order valence-corrected chi connectivity index (χ4v) is 4.72. The molecule has 190 valence electrons. The van der Waals surface area contributed by atoms with Gasteiger partial charge in [0.2, 0.25) is 5.91 Å². The number of hydrogen-bond acceptors (Lipinski definition) is 9. The average molecular weight is 500 g/mol. The molecule has 0 aromatic carbocycles. The molecule has 3 N–H and O–H groups in total. The van der Waals surface area contributed by atoms with Crippen molar-refractivity contribution in [3.05, 3.63) is 30.6 Å². The third-order valence-electron chi connectivity index (χ3n) is 6.80. The van der Waals surface area contributed by atoms with Gasteiger partial charge >= 0.3 is 6.61 Å². The molecule has 0 aliphatic carbocycles. The smallest absolute Gasteiger partial charge is 0.387 e. The van der Waals surface area contributed by atoms with Gasteiger partial charge in [0.25, 0.3) is 0 Å². The summed E-state index contributed by atoms with van der Waals surface area (Å²) in [7, 11) is 1.73. The molecule has 2 saturated heterocycles. The minimum atomic E-state index is -2.94. The van der Waals surface area contributed by atoms with Gasteiger partial charge in [-0.2, -0.15) is 13.9 Å². The van der Waals surface area contributed by atoms with Gasteiger partial charge in [0.1, 0.15) is 29.0 Å². The molecular formula is C23H27F2N9O2. The summed E-state index contributed by atoms with van der Waals surface area (Å²) in [5, 5.41) is 7.25. The predicted octanol–water partition coefficient (Wildman–Crippen LogP) is 2.65. The highest BCUT2D eigenvalue weighted by Gasteiger charge is 2.45. The number of ether oxygens (including phenoxy) is 1. The molecule has 5 heterocycles. The molecule has 3 aromatic heterocycles. The van der Waals surface area contributed by atoms with E-state index in [0.29, 0.717) is 34.7 Å². The molecule has 2 aliphatic heterocycles. The quantitative estimate of drug-likeness (QED) is 0.526. The Kier molecular flexibility index (Phi) is 6.06. The number of aryl methyl sites for hydroxylation is 1. The summed E-state index contributed by atoms with van der Waals surface area (Å²) in [4.78, 5) is 29.3. The van der Waals surface area contributed by atoms with E-state index < -0.39 is 6.61 Å². The molecule has 5 rings (SSSR count). The van der Waals surface area contributed by atoms with Crippen LogP contribution < -0.4 is 20.7 Å². The third kappa shape index (κ3) is 4.72. The fourth-order valence-electron chi connectivity index (χ4n) is 4.72. The molecule has 13 heteroatoms. The highest BCUT2D eigenvalue weighted by Crippen LogP contribution is 2.43. The summed E-state index contributed by atoms with van der Waals surface area (Å²) in [6, 6.07) is 4.50. The first-order valence-electron chi connectivity index (χ1n) is 11.6. The van der Waals surface area contributed by atoms with Crippen molar-refractivity contribution in [3.8, 4) is 17.1 Å². The molecule has 1 amide bonds. The third-order valence-corrected chi connectivity index (χ3v) is 6.80. The van der Waals surface area contributed by atoms with E-state index in [1.807, 2.05) is 4.90 Å². The minimum absolute atomic E-state index is 0.0184. The number of alkyl halides is 2. The molecule has 1 spiro atoms. The average Bonchev–Trinajstić information content (AvgIpc) is 3.15. The van der Waals surface area contributed by atoms with Crippen LogP contribution in [0.5, 0.6) is 5.75 Å². The molecule has 2 fully saturated rings. The summed E-state index contributed by atoms with van der Waals surface area (Å²) in [5.74, 6) is 2.31. The van der Waals surface area contributed by atoms with Crippen LogP contribution in [0, 0.1) is 5.41 Å². The van der Waals surface area contributed by atoms with Gasteiger partial charge in [0, 0.05) is 63.9 Å². The van der Waals surface area contributed by atoms with Gasteiger partial charge in [0.05, 0.1) is 11.8 Å². The second-order valence-corrected chi connectivity index (χ2v) is 9.24. The molecule has 3 aromatic rings. The van der Waals surface area contributed by atoms with Crippen LogP contribution in [0.25, 0.3) is 11.4 Å². The van der Waals surface area contributed by atoms with Gasteiger partial charge in [-0.15, -0.1) is 0 Å². The van der Waals surface area contributed by atoms with Crippen LogP contribution in [0.1, 0.15) is 19.8 Å². The number of nitrogens with one attached hydrogen (secondary N) is 1.